The number of ether oxygens (including phenoxy) is 5. The van der Waals surface area contributed by atoms with Crippen molar-refractivity contribution in [1.82, 2.24) is 9.44 Å². The fourth-order valence-corrected chi connectivity index (χ4v) is 6.44. The van der Waals surface area contributed by atoms with Gasteiger partial charge < -0.3 is 23.7 Å². The van der Waals surface area contributed by atoms with Crippen LogP contribution in [0.5, 0.6) is 28.7 Å². The van der Waals surface area contributed by atoms with Gasteiger partial charge >= 0.3 is 0 Å². The van der Waals surface area contributed by atoms with Crippen LogP contribution in [0.3, 0.4) is 0 Å². The van der Waals surface area contributed by atoms with E-state index in [0.29, 0.717) is 11.5 Å². The summed E-state index contributed by atoms with van der Waals surface area (Å²) in [6.45, 7) is -0.279. The zero-order valence-electron chi connectivity index (χ0n) is 21.2. The average molecular weight is 567 g/mol. The number of sulfonamides is 2. The molecule has 3 rings (SSSR count). The summed E-state index contributed by atoms with van der Waals surface area (Å²) in [6, 6.07) is 18.7. The van der Waals surface area contributed by atoms with Crippen LogP contribution in [-0.4, -0.2) is 64.5 Å². The van der Waals surface area contributed by atoms with E-state index in [1.807, 2.05) is 12.1 Å². The number of hydrogen-bond donors (Lipinski definition) is 2. The number of methoxy groups -OCH3 is 3. The van der Waals surface area contributed by atoms with E-state index in [-0.39, 0.29) is 43.6 Å². The molecule has 11 nitrogen and oxygen atoms in total. The quantitative estimate of drug-likeness (QED) is 0.266. The van der Waals surface area contributed by atoms with Crippen LogP contribution in [0.15, 0.2) is 76.5 Å². The number of para-hydroxylation sites is 2. The summed E-state index contributed by atoms with van der Waals surface area (Å²) in [5.41, 5.74) is 0. The zero-order valence-corrected chi connectivity index (χ0v) is 22.8. The Bertz CT molecular complexity index is 1400. The van der Waals surface area contributed by atoms with Crippen LogP contribution >= 0.6 is 0 Å². The second-order valence-corrected chi connectivity index (χ2v) is 11.0. The molecule has 0 aliphatic carbocycles. The van der Waals surface area contributed by atoms with Crippen molar-refractivity contribution >= 4 is 20.0 Å². The highest BCUT2D eigenvalue weighted by molar-refractivity contribution is 7.92. The fourth-order valence-electron chi connectivity index (χ4n) is 3.43. The minimum Gasteiger partial charge on any atom is -0.493 e. The predicted octanol–water partition coefficient (Wildman–Crippen LogP) is 2.43. The molecule has 3 aromatic rings. The Labute approximate surface area is 222 Å². The van der Waals surface area contributed by atoms with Crippen molar-refractivity contribution in [2.24, 2.45) is 0 Å². The Morgan fingerprint density at radius 3 is 1.55 bits per heavy atom. The van der Waals surface area contributed by atoms with Gasteiger partial charge in [-0.1, -0.05) is 36.4 Å². The molecule has 0 saturated heterocycles. The molecule has 3 aromatic carbocycles. The Hall–Kier alpha value is -3.52. The molecule has 2 N–H and O–H groups in total. The molecular weight excluding hydrogens is 536 g/mol. The van der Waals surface area contributed by atoms with Crippen molar-refractivity contribution in [3.63, 3.8) is 0 Å². The Morgan fingerprint density at radius 1 is 0.632 bits per heavy atom. The van der Waals surface area contributed by atoms with Crippen LogP contribution in [0.2, 0.25) is 0 Å². The molecule has 0 heterocycles. The van der Waals surface area contributed by atoms with Gasteiger partial charge in [-0.2, -0.15) is 0 Å². The van der Waals surface area contributed by atoms with Gasteiger partial charge in [0.1, 0.15) is 34.5 Å². The van der Waals surface area contributed by atoms with Crippen molar-refractivity contribution < 1.29 is 40.5 Å². The number of hydrogen-bond acceptors (Lipinski definition) is 9. The van der Waals surface area contributed by atoms with E-state index in [4.69, 9.17) is 23.7 Å². The fraction of sp³-hybridized carbons (Fsp3) is 0.280. The van der Waals surface area contributed by atoms with Crippen LogP contribution in [0, 0.1) is 0 Å². The van der Waals surface area contributed by atoms with Crippen molar-refractivity contribution in [2.45, 2.75) is 9.79 Å². The molecule has 0 saturated carbocycles. The summed E-state index contributed by atoms with van der Waals surface area (Å²) >= 11 is 0. The molecule has 206 valence electrons. The lowest BCUT2D eigenvalue weighted by molar-refractivity contribution is 0.314. The molecule has 0 radical (unpaired) electrons. The van der Waals surface area contributed by atoms with Crippen LogP contribution in [0.1, 0.15) is 0 Å². The van der Waals surface area contributed by atoms with Gasteiger partial charge in [-0.25, -0.2) is 26.3 Å². The normalized spacial score (nSPS) is 11.6. The van der Waals surface area contributed by atoms with E-state index in [1.165, 1.54) is 21.3 Å². The maximum absolute atomic E-state index is 13.4. The minimum absolute atomic E-state index is 0.00396. The Kier molecular flexibility index (Phi) is 10.2. The number of rotatable bonds is 15. The monoisotopic (exact) mass is 566 g/mol. The molecule has 0 aliphatic rings. The zero-order chi connectivity index (χ0) is 27.6. The average Bonchev–Trinajstić information content (AvgIpc) is 2.93. The smallest absolute Gasteiger partial charge is 0.245 e. The number of benzene rings is 3. The molecular formula is C25H30N2O9S2. The van der Waals surface area contributed by atoms with Gasteiger partial charge in [0.05, 0.1) is 21.3 Å². The third-order valence-corrected chi connectivity index (χ3v) is 8.26. The van der Waals surface area contributed by atoms with Gasteiger partial charge in [-0.05, 0) is 24.3 Å². The van der Waals surface area contributed by atoms with Crippen LogP contribution in [0.25, 0.3) is 0 Å². The SMILES string of the molecule is COc1cc(S(=O)(=O)NCCOc2ccccc2)c(S(=O)(=O)NCCOc2ccccc2)c(OC)c1OC. The van der Waals surface area contributed by atoms with Crippen molar-refractivity contribution in [2.75, 3.05) is 47.6 Å². The van der Waals surface area contributed by atoms with Gasteiger partial charge in [0, 0.05) is 19.2 Å². The van der Waals surface area contributed by atoms with E-state index < -0.39 is 29.8 Å². The Morgan fingerprint density at radius 2 is 1.11 bits per heavy atom. The molecule has 0 amide bonds. The summed E-state index contributed by atoms with van der Waals surface area (Å²) in [5.74, 6) is 0.674. The molecule has 0 fully saturated rings. The maximum atomic E-state index is 13.4. The standard InChI is InChI=1S/C25H30N2O9S2/c1-32-21-18-22(37(28,29)26-14-16-35-19-10-6-4-7-11-19)25(24(34-3)23(21)33-2)38(30,31)27-15-17-36-20-12-8-5-9-13-20/h4-13,18,26-27H,14-17H2,1-3H3. The lowest BCUT2D eigenvalue weighted by atomic mass is 10.3. The summed E-state index contributed by atoms with van der Waals surface area (Å²) in [6.07, 6.45) is 0. The highest BCUT2D eigenvalue weighted by atomic mass is 32.2. The third kappa shape index (κ3) is 7.28. The first kappa shape index (κ1) is 29.0. The molecule has 13 heteroatoms. The second kappa shape index (κ2) is 13.3. The van der Waals surface area contributed by atoms with E-state index in [9.17, 15) is 16.8 Å². The van der Waals surface area contributed by atoms with Crippen LogP contribution in [0.4, 0.5) is 0 Å². The molecule has 0 spiro atoms. The highest BCUT2D eigenvalue weighted by Gasteiger charge is 2.35. The molecule has 38 heavy (non-hydrogen) atoms. The van der Waals surface area contributed by atoms with Crippen molar-refractivity contribution in [3.05, 3.63) is 66.7 Å². The Balaban J connectivity index is 1.87. The predicted molar refractivity (Wildman–Crippen MR) is 140 cm³/mol. The highest BCUT2D eigenvalue weighted by Crippen LogP contribution is 2.45. The van der Waals surface area contributed by atoms with E-state index in [0.717, 1.165) is 6.07 Å². The molecule has 0 aromatic heterocycles. The molecule has 0 unspecified atom stereocenters. The van der Waals surface area contributed by atoms with Crippen molar-refractivity contribution in [1.29, 1.82) is 0 Å². The third-order valence-electron chi connectivity index (χ3n) is 5.12. The first-order valence-corrected chi connectivity index (χ1v) is 14.4. The lowest BCUT2D eigenvalue weighted by Gasteiger charge is -2.20. The summed E-state index contributed by atoms with van der Waals surface area (Å²) in [5, 5.41) is 0. The van der Waals surface area contributed by atoms with Crippen molar-refractivity contribution in [3.8, 4) is 28.7 Å². The topological polar surface area (TPSA) is 138 Å². The minimum atomic E-state index is -4.44. The molecule has 0 bridgehead atoms. The first-order valence-electron chi connectivity index (χ1n) is 11.4. The molecule has 0 atom stereocenters. The summed E-state index contributed by atoms with van der Waals surface area (Å²) in [4.78, 5) is -1.21. The first-order chi connectivity index (χ1) is 18.2. The van der Waals surface area contributed by atoms with Gasteiger partial charge in [0.25, 0.3) is 0 Å². The largest absolute Gasteiger partial charge is 0.493 e. The lowest BCUT2D eigenvalue weighted by Crippen LogP contribution is -2.33. The van der Waals surface area contributed by atoms with Gasteiger partial charge in [0.2, 0.25) is 25.8 Å². The van der Waals surface area contributed by atoms with Crippen LogP contribution < -0.4 is 33.1 Å². The summed E-state index contributed by atoms with van der Waals surface area (Å²) in [7, 11) is -5.05. The maximum Gasteiger partial charge on any atom is 0.245 e. The van der Waals surface area contributed by atoms with E-state index in [2.05, 4.69) is 9.44 Å². The van der Waals surface area contributed by atoms with Crippen LogP contribution in [-0.2, 0) is 20.0 Å². The van der Waals surface area contributed by atoms with E-state index >= 15 is 0 Å². The molecule has 0 aliphatic heterocycles. The number of nitrogens with one attached hydrogen (secondary N) is 2. The van der Waals surface area contributed by atoms with Gasteiger partial charge in [-0.3, -0.25) is 0 Å². The summed E-state index contributed by atoms with van der Waals surface area (Å²) < 4.78 is 85.1. The van der Waals surface area contributed by atoms with Gasteiger partial charge in [0.15, 0.2) is 11.5 Å². The van der Waals surface area contributed by atoms with Gasteiger partial charge in [-0.15, -0.1) is 0 Å². The second-order valence-electron chi connectivity index (χ2n) is 7.59. The van der Waals surface area contributed by atoms with E-state index in [1.54, 1.807) is 48.5 Å².